The highest BCUT2D eigenvalue weighted by molar-refractivity contribution is 5.95. The normalized spacial score (nSPS) is 20.1. The van der Waals surface area contributed by atoms with Crippen molar-refractivity contribution in [3.63, 3.8) is 0 Å². The number of piperidine rings is 1. The van der Waals surface area contributed by atoms with Crippen molar-refractivity contribution in [2.75, 3.05) is 19.6 Å². The number of carbonyl (C=O) groups is 2. The number of rotatable bonds is 4. The van der Waals surface area contributed by atoms with Gasteiger partial charge in [0, 0.05) is 49.4 Å². The zero-order valence-corrected chi connectivity index (χ0v) is 16.6. The first-order chi connectivity index (χ1) is 12.8. The van der Waals surface area contributed by atoms with Crippen molar-refractivity contribution in [2.45, 2.75) is 65.0 Å². The van der Waals surface area contributed by atoms with Gasteiger partial charge in [0.15, 0.2) is 5.43 Å². The molecule has 2 aliphatic rings. The van der Waals surface area contributed by atoms with E-state index in [2.05, 4.69) is 18.8 Å². The van der Waals surface area contributed by atoms with Crippen LogP contribution in [0.25, 0.3) is 0 Å². The van der Waals surface area contributed by atoms with E-state index in [1.54, 1.807) is 18.7 Å². The first-order valence-electron chi connectivity index (χ1n) is 9.76. The van der Waals surface area contributed by atoms with Crippen LogP contribution in [-0.2, 0) is 4.74 Å². The molecule has 1 N–H and O–H groups in total. The van der Waals surface area contributed by atoms with Crippen LogP contribution in [0.3, 0.4) is 0 Å². The number of aromatic nitrogens is 1. The summed E-state index contributed by atoms with van der Waals surface area (Å²) in [6, 6.07) is 1.62. The molecule has 27 heavy (non-hydrogen) atoms. The molecule has 1 unspecified atom stereocenters. The van der Waals surface area contributed by atoms with E-state index in [-0.39, 0.29) is 29.0 Å². The Hall–Kier alpha value is -2.31. The fraction of sp³-hybridized carbons (Fsp3) is 0.650. The summed E-state index contributed by atoms with van der Waals surface area (Å²) in [7, 11) is 0. The second-order valence-corrected chi connectivity index (χ2v) is 7.93. The predicted molar refractivity (Wildman–Crippen MR) is 102 cm³/mol. The molecule has 148 valence electrons. The van der Waals surface area contributed by atoms with Gasteiger partial charge in [-0.1, -0.05) is 13.3 Å². The van der Waals surface area contributed by atoms with Crippen LogP contribution < -0.4 is 5.43 Å². The molecule has 1 aromatic heterocycles. The van der Waals surface area contributed by atoms with E-state index < -0.39 is 5.60 Å². The molecule has 1 aromatic rings. The molecule has 0 saturated carbocycles. The van der Waals surface area contributed by atoms with Crippen molar-refractivity contribution < 1.29 is 14.3 Å². The van der Waals surface area contributed by atoms with E-state index in [1.165, 1.54) is 6.07 Å². The average Bonchev–Trinajstić information content (AvgIpc) is 2.91. The summed E-state index contributed by atoms with van der Waals surface area (Å²) in [6.07, 6.45) is 2.92. The molecule has 7 heteroatoms. The van der Waals surface area contributed by atoms with Gasteiger partial charge in [-0.2, -0.15) is 0 Å². The summed E-state index contributed by atoms with van der Waals surface area (Å²) < 4.78 is 5.75. The Morgan fingerprint density at radius 3 is 2.56 bits per heavy atom. The first-order valence-corrected chi connectivity index (χ1v) is 9.76. The molecular weight excluding hydrogens is 346 g/mol. The maximum absolute atomic E-state index is 12.9. The van der Waals surface area contributed by atoms with Gasteiger partial charge in [-0.25, -0.2) is 4.79 Å². The highest BCUT2D eigenvalue weighted by Gasteiger charge is 2.48. The number of aromatic amines is 1. The van der Waals surface area contributed by atoms with Gasteiger partial charge in [0.2, 0.25) is 0 Å². The standard InChI is InChI=1S/C20H29N3O4/c1-5-6-14(3)23-12-20(27-19(23)26)7-9-22(10-8-20)18(25)17-15(4)21-13(2)11-16(17)24/h11,14H,5-10,12H2,1-4H3,(H,21,24). The van der Waals surface area contributed by atoms with Crippen molar-refractivity contribution in [1.29, 1.82) is 0 Å². The van der Waals surface area contributed by atoms with E-state index >= 15 is 0 Å². The van der Waals surface area contributed by atoms with Crippen LogP contribution >= 0.6 is 0 Å². The summed E-state index contributed by atoms with van der Waals surface area (Å²) in [5.41, 5.74) is 0.784. The van der Waals surface area contributed by atoms with Gasteiger partial charge >= 0.3 is 6.09 Å². The maximum atomic E-state index is 12.9. The SMILES string of the molecule is CCCC(C)N1CC2(CCN(C(=O)c3c(C)[nH]c(C)cc3=O)CC2)OC1=O. The van der Waals surface area contributed by atoms with Crippen LogP contribution in [0.4, 0.5) is 4.79 Å². The lowest BCUT2D eigenvalue weighted by Crippen LogP contribution is -2.50. The Morgan fingerprint density at radius 1 is 1.30 bits per heavy atom. The van der Waals surface area contributed by atoms with Crippen LogP contribution in [0, 0.1) is 13.8 Å². The lowest BCUT2D eigenvalue weighted by molar-refractivity contribution is 0.00300. The predicted octanol–water partition coefficient (Wildman–Crippen LogP) is 2.61. The van der Waals surface area contributed by atoms with Gasteiger partial charge in [-0.3, -0.25) is 9.59 Å². The Bertz CT molecular complexity index is 793. The minimum Gasteiger partial charge on any atom is -0.441 e. The minimum absolute atomic E-state index is 0.162. The fourth-order valence-corrected chi connectivity index (χ4v) is 4.21. The van der Waals surface area contributed by atoms with Crippen molar-refractivity contribution in [3.05, 3.63) is 33.2 Å². The molecule has 0 aromatic carbocycles. The number of hydrogen-bond acceptors (Lipinski definition) is 4. The number of nitrogens with one attached hydrogen (secondary N) is 1. The lowest BCUT2D eigenvalue weighted by Gasteiger charge is -2.37. The summed E-state index contributed by atoms with van der Waals surface area (Å²) in [5, 5.41) is 0. The van der Waals surface area contributed by atoms with E-state index in [0.717, 1.165) is 18.5 Å². The Morgan fingerprint density at radius 2 is 1.96 bits per heavy atom. The number of H-pyrrole nitrogens is 1. The van der Waals surface area contributed by atoms with Gasteiger partial charge < -0.3 is 19.5 Å². The largest absolute Gasteiger partial charge is 0.441 e. The Labute approximate surface area is 159 Å². The number of pyridine rings is 1. The second kappa shape index (κ2) is 7.37. The van der Waals surface area contributed by atoms with E-state index in [1.807, 2.05) is 4.90 Å². The van der Waals surface area contributed by atoms with Crippen molar-refractivity contribution in [2.24, 2.45) is 0 Å². The van der Waals surface area contributed by atoms with E-state index in [4.69, 9.17) is 4.74 Å². The molecule has 1 atom stereocenters. The lowest BCUT2D eigenvalue weighted by atomic mass is 9.90. The van der Waals surface area contributed by atoms with E-state index in [9.17, 15) is 14.4 Å². The molecule has 1 spiro atoms. The molecule has 0 radical (unpaired) electrons. The number of carbonyl (C=O) groups excluding carboxylic acids is 2. The summed E-state index contributed by atoms with van der Waals surface area (Å²) >= 11 is 0. The molecular formula is C20H29N3O4. The number of likely N-dealkylation sites (tertiary alicyclic amines) is 1. The van der Waals surface area contributed by atoms with Crippen LogP contribution in [0.5, 0.6) is 0 Å². The van der Waals surface area contributed by atoms with Crippen molar-refractivity contribution in [1.82, 2.24) is 14.8 Å². The summed E-state index contributed by atoms with van der Waals surface area (Å²) in [5.74, 6) is -0.246. The van der Waals surface area contributed by atoms with Crippen LogP contribution in [0.15, 0.2) is 10.9 Å². The van der Waals surface area contributed by atoms with Crippen molar-refractivity contribution >= 4 is 12.0 Å². The minimum atomic E-state index is -0.509. The third kappa shape index (κ3) is 3.73. The van der Waals surface area contributed by atoms with Gasteiger partial charge in [-0.15, -0.1) is 0 Å². The molecule has 7 nitrogen and oxygen atoms in total. The maximum Gasteiger partial charge on any atom is 0.410 e. The first kappa shape index (κ1) is 19.5. The number of amides is 2. The third-order valence-corrected chi connectivity index (χ3v) is 5.76. The summed E-state index contributed by atoms with van der Waals surface area (Å²) in [6.45, 7) is 9.25. The summed E-state index contributed by atoms with van der Waals surface area (Å²) in [4.78, 5) is 44.0. The Kier molecular flexibility index (Phi) is 5.31. The topological polar surface area (TPSA) is 82.7 Å². The quantitative estimate of drug-likeness (QED) is 0.877. The van der Waals surface area contributed by atoms with Crippen LogP contribution in [0.2, 0.25) is 0 Å². The number of hydrogen-bond donors (Lipinski definition) is 1. The number of nitrogens with zero attached hydrogens (tertiary/aromatic N) is 2. The third-order valence-electron chi connectivity index (χ3n) is 5.76. The molecule has 2 saturated heterocycles. The zero-order valence-electron chi connectivity index (χ0n) is 16.6. The molecule has 0 bridgehead atoms. The number of aryl methyl sites for hydroxylation is 2. The second-order valence-electron chi connectivity index (χ2n) is 7.93. The fourth-order valence-electron chi connectivity index (χ4n) is 4.21. The average molecular weight is 375 g/mol. The van der Waals surface area contributed by atoms with Gasteiger partial charge in [0.1, 0.15) is 11.2 Å². The van der Waals surface area contributed by atoms with Gasteiger partial charge in [-0.05, 0) is 27.2 Å². The van der Waals surface area contributed by atoms with Crippen molar-refractivity contribution in [3.8, 4) is 0 Å². The molecule has 2 fully saturated rings. The van der Waals surface area contributed by atoms with Gasteiger partial charge in [0.25, 0.3) is 5.91 Å². The molecule has 2 amide bonds. The molecule has 0 aliphatic carbocycles. The molecule has 2 aliphatic heterocycles. The molecule has 3 rings (SSSR count). The zero-order chi connectivity index (χ0) is 19.8. The highest BCUT2D eigenvalue weighted by atomic mass is 16.6. The Balaban J connectivity index is 1.68. The van der Waals surface area contributed by atoms with Crippen LogP contribution in [-0.4, -0.2) is 58.1 Å². The van der Waals surface area contributed by atoms with Crippen LogP contribution in [0.1, 0.15) is 61.3 Å². The highest BCUT2D eigenvalue weighted by Crippen LogP contribution is 2.35. The van der Waals surface area contributed by atoms with E-state index in [0.29, 0.717) is 38.2 Å². The smallest absolute Gasteiger partial charge is 0.410 e. The number of ether oxygens (including phenoxy) is 1. The monoisotopic (exact) mass is 375 g/mol. The molecule has 3 heterocycles. The van der Waals surface area contributed by atoms with Gasteiger partial charge in [0.05, 0.1) is 6.54 Å².